The summed E-state index contributed by atoms with van der Waals surface area (Å²) in [5.41, 5.74) is 1.53. The van der Waals surface area contributed by atoms with Gasteiger partial charge in [-0.1, -0.05) is 6.08 Å². The van der Waals surface area contributed by atoms with Gasteiger partial charge in [-0.2, -0.15) is 0 Å². The number of amides is 1. The van der Waals surface area contributed by atoms with Crippen LogP contribution in [0.15, 0.2) is 22.9 Å². The predicted octanol–water partition coefficient (Wildman–Crippen LogP) is 0.969. The minimum Gasteiger partial charge on any atom is -0.481 e. The minimum atomic E-state index is -1.05. The fourth-order valence-corrected chi connectivity index (χ4v) is 2.56. The molecule has 1 aliphatic carbocycles. The molecule has 0 spiro atoms. The van der Waals surface area contributed by atoms with Crippen molar-refractivity contribution >= 4 is 17.7 Å². The Morgan fingerprint density at radius 2 is 2.11 bits per heavy atom. The van der Waals surface area contributed by atoms with Crippen molar-refractivity contribution < 1.29 is 19.5 Å². The molecule has 1 heterocycles. The summed E-state index contributed by atoms with van der Waals surface area (Å²) in [4.78, 5) is 36.3. The van der Waals surface area contributed by atoms with Crippen molar-refractivity contribution in [2.45, 2.75) is 20.3 Å². The zero-order valence-electron chi connectivity index (χ0n) is 10.6. The number of hydrogen-bond donors (Lipinski definition) is 1. The van der Waals surface area contributed by atoms with Crippen molar-refractivity contribution in [3.8, 4) is 0 Å². The molecule has 1 unspecified atom stereocenters. The first-order valence-corrected chi connectivity index (χ1v) is 5.84. The van der Waals surface area contributed by atoms with E-state index in [1.165, 1.54) is 11.8 Å². The number of likely N-dealkylation sites (tertiary alicyclic amines) is 1. The second-order valence-electron chi connectivity index (χ2n) is 4.73. The largest absolute Gasteiger partial charge is 0.481 e. The third-order valence-electron chi connectivity index (χ3n) is 3.64. The third kappa shape index (κ3) is 1.58. The summed E-state index contributed by atoms with van der Waals surface area (Å²) < 4.78 is 0. The second kappa shape index (κ2) is 4.08. The van der Waals surface area contributed by atoms with Gasteiger partial charge in [-0.05, 0) is 19.4 Å². The van der Waals surface area contributed by atoms with E-state index in [1.807, 2.05) is 0 Å². The molecule has 0 bridgehead atoms. The molecule has 1 aliphatic heterocycles. The molecule has 0 aromatic rings. The monoisotopic (exact) mass is 249 g/mol. The molecule has 5 nitrogen and oxygen atoms in total. The van der Waals surface area contributed by atoms with Crippen LogP contribution in [0, 0.1) is 11.8 Å². The lowest BCUT2D eigenvalue weighted by Gasteiger charge is -2.22. The Morgan fingerprint density at radius 1 is 1.50 bits per heavy atom. The average molecular weight is 249 g/mol. The van der Waals surface area contributed by atoms with Crippen LogP contribution in [0.25, 0.3) is 0 Å². The van der Waals surface area contributed by atoms with Crippen LogP contribution in [0.5, 0.6) is 0 Å². The van der Waals surface area contributed by atoms with Crippen molar-refractivity contribution in [3.05, 3.63) is 22.9 Å². The SMILES string of the molecule is CC1C(=O)N(C)C2=C([C@H](C)C(=O)O)C(=O)CC=C21. The number of allylic oxidation sites excluding steroid dienone is 2. The molecule has 5 heteroatoms. The number of carbonyl (C=O) groups excluding carboxylic acids is 2. The highest BCUT2D eigenvalue weighted by atomic mass is 16.4. The molecule has 1 N–H and O–H groups in total. The van der Waals surface area contributed by atoms with Crippen molar-refractivity contribution in [2.24, 2.45) is 11.8 Å². The summed E-state index contributed by atoms with van der Waals surface area (Å²) in [6.45, 7) is 3.25. The van der Waals surface area contributed by atoms with Gasteiger partial charge in [0, 0.05) is 19.0 Å². The number of hydrogen-bond acceptors (Lipinski definition) is 3. The standard InChI is InChI=1S/C13H15NO4/c1-6-8-4-5-9(15)10(7(2)13(17)18)11(8)14(3)12(6)16/h4,6-7H,5H2,1-3H3,(H,17,18)/t6?,7-/m0/s1. The lowest BCUT2D eigenvalue weighted by atomic mass is 9.85. The maximum Gasteiger partial charge on any atom is 0.310 e. The number of fused-ring (bicyclic) bond motifs is 1. The van der Waals surface area contributed by atoms with E-state index in [2.05, 4.69) is 0 Å². The van der Waals surface area contributed by atoms with E-state index in [9.17, 15) is 14.4 Å². The zero-order valence-corrected chi connectivity index (χ0v) is 10.6. The fourth-order valence-electron chi connectivity index (χ4n) is 2.56. The van der Waals surface area contributed by atoms with Gasteiger partial charge in [-0.25, -0.2) is 0 Å². The van der Waals surface area contributed by atoms with Crippen LogP contribution in [0.1, 0.15) is 20.3 Å². The van der Waals surface area contributed by atoms with E-state index in [4.69, 9.17) is 5.11 Å². The molecular formula is C13H15NO4. The van der Waals surface area contributed by atoms with Crippen molar-refractivity contribution in [1.82, 2.24) is 4.90 Å². The van der Waals surface area contributed by atoms with E-state index in [0.717, 1.165) is 5.57 Å². The van der Waals surface area contributed by atoms with Gasteiger partial charge >= 0.3 is 5.97 Å². The number of Topliss-reactive ketones (excluding diaryl/α,β-unsaturated/α-hetero) is 1. The van der Waals surface area contributed by atoms with Gasteiger partial charge in [-0.15, -0.1) is 0 Å². The molecule has 0 aromatic heterocycles. The van der Waals surface area contributed by atoms with Gasteiger partial charge in [0.25, 0.3) is 0 Å². The van der Waals surface area contributed by atoms with E-state index >= 15 is 0 Å². The minimum absolute atomic E-state index is 0.0963. The Morgan fingerprint density at radius 3 is 2.67 bits per heavy atom. The lowest BCUT2D eigenvalue weighted by Crippen LogP contribution is -2.27. The maximum absolute atomic E-state index is 11.9. The van der Waals surface area contributed by atoms with Crippen LogP contribution in [0.2, 0.25) is 0 Å². The van der Waals surface area contributed by atoms with Crippen LogP contribution in [0.3, 0.4) is 0 Å². The van der Waals surface area contributed by atoms with E-state index < -0.39 is 11.9 Å². The number of rotatable bonds is 2. The Hall–Kier alpha value is -1.91. The zero-order chi connectivity index (χ0) is 13.6. The summed E-state index contributed by atoms with van der Waals surface area (Å²) in [7, 11) is 1.59. The highest BCUT2D eigenvalue weighted by Gasteiger charge is 2.42. The van der Waals surface area contributed by atoms with Crippen molar-refractivity contribution in [1.29, 1.82) is 0 Å². The topological polar surface area (TPSA) is 74.7 Å². The van der Waals surface area contributed by atoms with Gasteiger partial charge in [-0.3, -0.25) is 14.4 Å². The molecule has 2 atom stereocenters. The van der Waals surface area contributed by atoms with Crippen molar-refractivity contribution in [3.63, 3.8) is 0 Å². The van der Waals surface area contributed by atoms with Crippen LogP contribution < -0.4 is 0 Å². The second-order valence-corrected chi connectivity index (χ2v) is 4.73. The Balaban J connectivity index is 2.62. The molecule has 18 heavy (non-hydrogen) atoms. The summed E-state index contributed by atoms with van der Waals surface area (Å²) >= 11 is 0. The Labute approximate surface area is 105 Å². The molecule has 2 rings (SSSR count). The maximum atomic E-state index is 11.9. The predicted molar refractivity (Wildman–Crippen MR) is 63.5 cm³/mol. The number of carbonyl (C=O) groups is 3. The summed E-state index contributed by atoms with van der Waals surface area (Å²) in [5.74, 6) is -2.54. The van der Waals surface area contributed by atoms with Gasteiger partial charge in [0.1, 0.15) is 0 Å². The summed E-state index contributed by atoms with van der Waals surface area (Å²) in [6, 6.07) is 0. The first-order chi connectivity index (χ1) is 8.36. The van der Waals surface area contributed by atoms with Gasteiger partial charge in [0.2, 0.25) is 5.91 Å². The van der Waals surface area contributed by atoms with E-state index in [-0.39, 0.29) is 29.6 Å². The third-order valence-corrected chi connectivity index (χ3v) is 3.64. The average Bonchev–Trinajstić information content (AvgIpc) is 2.54. The highest BCUT2D eigenvalue weighted by molar-refractivity contribution is 6.06. The van der Waals surface area contributed by atoms with E-state index in [0.29, 0.717) is 5.70 Å². The molecular weight excluding hydrogens is 234 g/mol. The Kier molecular flexibility index (Phi) is 2.84. The molecule has 1 saturated heterocycles. The summed E-state index contributed by atoms with van der Waals surface area (Å²) in [5, 5.41) is 9.08. The number of carboxylic acids is 1. The normalized spacial score (nSPS) is 25.2. The Bertz CT molecular complexity index is 509. The smallest absolute Gasteiger partial charge is 0.310 e. The molecule has 1 amide bonds. The van der Waals surface area contributed by atoms with Crippen LogP contribution in [-0.4, -0.2) is 34.7 Å². The van der Waals surface area contributed by atoms with Gasteiger partial charge in [0.05, 0.1) is 17.5 Å². The van der Waals surface area contributed by atoms with Crippen LogP contribution in [-0.2, 0) is 14.4 Å². The lowest BCUT2D eigenvalue weighted by molar-refractivity contribution is -0.141. The first-order valence-electron chi connectivity index (χ1n) is 5.84. The fraction of sp³-hybridized carbons (Fsp3) is 0.462. The molecule has 0 saturated carbocycles. The highest BCUT2D eigenvalue weighted by Crippen LogP contribution is 2.39. The molecule has 96 valence electrons. The molecule has 2 aliphatic rings. The van der Waals surface area contributed by atoms with Gasteiger partial charge < -0.3 is 10.0 Å². The molecule has 0 radical (unpaired) electrons. The first kappa shape index (κ1) is 12.5. The number of nitrogens with zero attached hydrogens (tertiary/aromatic N) is 1. The van der Waals surface area contributed by atoms with Crippen LogP contribution in [0.4, 0.5) is 0 Å². The van der Waals surface area contributed by atoms with Crippen LogP contribution >= 0.6 is 0 Å². The van der Waals surface area contributed by atoms with Crippen molar-refractivity contribution in [2.75, 3.05) is 7.05 Å². The summed E-state index contributed by atoms with van der Waals surface area (Å²) in [6.07, 6.45) is 1.92. The number of aliphatic carboxylic acids is 1. The van der Waals surface area contributed by atoms with Gasteiger partial charge in [0.15, 0.2) is 5.78 Å². The molecule has 0 aromatic carbocycles. The quantitative estimate of drug-likeness (QED) is 0.791. The molecule has 1 fully saturated rings. The number of likely N-dealkylation sites (N-methyl/N-ethyl adjacent to an activating group) is 1. The number of ketones is 1. The van der Waals surface area contributed by atoms with E-state index in [1.54, 1.807) is 20.0 Å². The number of carboxylic acid groups (broad SMARTS) is 1.